The Morgan fingerprint density at radius 3 is 2.50 bits per heavy atom. The van der Waals surface area contributed by atoms with E-state index in [1.54, 1.807) is 0 Å². The summed E-state index contributed by atoms with van der Waals surface area (Å²) in [5.41, 5.74) is 3.49. The Morgan fingerprint density at radius 1 is 1.20 bits per heavy atom. The van der Waals surface area contributed by atoms with Gasteiger partial charge >= 0.3 is 0 Å². The number of carboxylic acids is 1. The van der Waals surface area contributed by atoms with E-state index in [2.05, 4.69) is 16.4 Å². The second-order valence-electron chi connectivity index (χ2n) is 4.36. The molecule has 1 aliphatic heterocycles. The summed E-state index contributed by atoms with van der Waals surface area (Å²) >= 11 is 0. The summed E-state index contributed by atoms with van der Waals surface area (Å²) in [6.07, 6.45) is 1.26. The van der Waals surface area contributed by atoms with E-state index in [0.717, 1.165) is 6.42 Å². The zero-order chi connectivity index (χ0) is 15.1. The van der Waals surface area contributed by atoms with Gasteiger partial charge in [-0.25, -0.2) is 0 Å². The van der Waals surface area contributed by atoms with Crippen LogP contribution in [0.1, 0.15) is 12.8 Å². The number of carboxylic acid groups (broad SMARTS) is 1. The van der Waals surface area contributed by atoms with Crippen molar-refractivity contribution in [2.24, 2.45) is 0 Å². The van der Waals surface area contributed by atoms with Crippen LogP contribution >= 0.6 is 0 Å². The molecule has 0 spiro atoms. The van der Waals surface area contributed by atoms with Crippen molar-refractivity contribution in [3.63, 3.8) is 0 Å². The minimum absolute atomic E-state index is 0.0792. The van der Waals surface area contributed by atoms with Crippen molar-refractivity contribution in [1.82, 2.24) is 15.5 Å². The van der Waals surface area contributed by atoms with Gasteiger partial charge in [0.15, 0.2) is 6.54 Å². The fourth-order valence-corrected chi connectivity index (χ4v) is 2.00. The largest absolute Gasteiger partial charge is 0.548 e. The van der Waals surface area contributed by atoms with Gasteiger partial charge in [-0.2, -0.15) is 0 Å². The number of carbonyl (C=O) groups is 4. The quantitative estimate of drug-likeness (QED) is 0.448. The van der Waals surface area contributed by atoms with Crippen LogP contribution in [0.3, 0.4) is 0 Å². The molecule has 1 aliphatic rings. The van der Waals surface area contributed by atoms with Crippen LogP contribution in [0.5, 0.6) is 0 Å². The number of rotatable bonds is 6. The van der Waals surface area contributed by atoms with Gasteiger partial charge in [-0.1, -0.05) is 0 Å². The predicted octanol–water partition coefficient (Wildman–Crippen LogP) is -4.80. The molecule has 20 heavy (non-hydrogen) atoms. The lowest BCUT2D eigenvalue weighted by Gasteiger charge is -2.22. The molecule has 0 aliphatic carbocycles. The van der Waals surface area contributed by atoms with Gasteiger partial charge in [0.05, 0.1) is 19.1 Å². The third-order valence-corrected chi connectivity index (χ3v) is 2.94. The fraction of sp³-hybridized carbons (Fsp3) is 0.636. The molecule has 0 aromatic carbocycles. The lowest BCUT2D eigenvalue weighted by molar-refractivity contribution is -0.357. The van der Waals surface area contributed by atoms with Crippen molar-refractivity contribution >= 4 is 23.7 Å². The molecule has 1 rings (SSSR count). The lowest BCUT2D eigenvalue weighted by atomic mass is 10.2. The Kier molecular flexibility index (Phi) is 5.91. The molecule has 112 valence electrons. The van der Waals surface area contributed by atoms with Crippen LogP contribution in [0.15, 0.2) is 0 Å². The topological polar surface area (TPSA) is 146 Å². The molecule has 0 bridgehead atoms. The third kappa shape index (κ3) is 4.50. The van der Waals surface area contributed by atoms with E-state index >= 15 is 0 Å². The maximum Gasteiger partial charge on any atom is 0.278 e. The normalized spacial score (nSPS) is 17.6. The summed E-state index contributed by atoms with van der Waals surface area (Å²) in [4.78, 5) is 46.3. The van der Waals surface area contributed by atoms with E-state index in [4.69, 9.17) is 0 Å². The molecule has 3 amide bonds. The predicted molar refractivity (Wildman–Crippen MR) is 63.5 cm³/mol. The first-order chi connectivity index (χ1) is 9.45. The molecule has 5 N–H and O–H groups in total. The number of carbonyl (C=O) groups excluding carboxylic acids is 4. The highest BCUT2D eigenvalue weighted by Crippen LogP contribution is 2.16. The van der Waals surface area contributed by atoms with Crippen LogP contribution in [-0.2, 0) is 19.2 Å². The average Bonchev–Trinajstić information content (AvgIpc) is 2.90. The van der Waals surface area contributed by atoms with Crippen molar-refractivity contribution in [3.05, 3.63) is 0 Å². The Labute approximate surface area is 115 Å². The van der Waals surface area contributed by atoms with Gasteiger partial charge in [0.2, 0.25) is 11.8 Å². The summed E-state index contributed by atoms with van der Waals surface area (Å²) in [5.74, 6) is -2.67. The first-order valence-electron chi connectivity index (χ1n) is 6.28. The average molecular weight is 286 g/mol. The number of hydrogen-bond acceptors (Lipinski definition) is 5. The monoisotopic (exact) mass is 286 g/mol. The van der Waals surface area contributed by atoms with E-state index in [-0.39, 0.29) is 19.0 Å². The van der Waals surface area contributed by atoms with E-state index in [9.17, 15) is 24.3 Å². The van der Waals surface area contributed by atoms with Gasteiger partial charge < -0.3 is 31.2 Å². The van der Waals surface area contributed by atoms with E-state index in [1.807, 2.05) is 0 Å². The number of aliphatic carboxylic acids is 1. The van der Waals surface area contributed by atoms with Crippen molar-refractivity contribution in [3.8, 4) is 0 Å². The maximum atomic E-state index is 11.9. The molecule has 9 nitrogen and oxygen atoms in total. The number of nitrogens with one attached hydrogen (secondary N) is 2. The van der Waals surface area contributed by atoms with Crippen LogP contribution in [0.25, 0.3) is 0 Å². The Balaban J connectivity index is 2.40. The van der Waals surface area contributed by atoms with Gasteiger partial charge in [0, 0.05) is 6.54 Å². The summed E-state index contributed by atoms with van der Waals surface area (Å²) in [7, 11) is 0. The fourth-order valence-electron chi connectivity index (χ4n) is 2.00. The van der Waals surface area contributed by atoms with Crippen LogP contribution in [0.4, 0.5) is 0 Å². The first-order valence-corrected chi connectivity index (χ1v) is 6.28. The highest BCUT2D eigenvalue weighted by Gasteiger charge is 2.33. The molecule has 0 saturated carbocycles. The molecule has 0 aromatic rings. The molecule has 0 aromatic heterocycles. The number of likely N-dealkylation sites (tertiary alicyclic amines) is 1. The zero-order valence-corrected chi connectivity index (χ0v) is 11.0. The van der Waals surface area contributed by atoms with Gasteiger partial charge in [-0.05, 0) is 12.8 Å². The number of quaternary nitrogens is 1. The Hall–Kier alpha value is -2.16. The highest BCUT2D eigenvalue weighted by molar-refractivity contribution is 5.91. The summed E-state index contributed by atoms with van der Waals surface area (Å²) in [6, 6.07) is -0.585. The van der Waals surface area contributed by atoms with E-state index in [1.165, 1.54) is 4.90 Å². The van der Waals surface area contributed by atoms with Crippen molar-refractivity contribution in [2.45, 2.75) is 18.9 Å². The number of amides is 3. The van der Waals surface area contributed by atoms with Gasteiger partial charge in [-0.15, -0.1) is 0 Å². The zero-order valence-electron chi connectivity index (χ0n) is 11.0. The van der Waals surface area contributed by atoms with Crippen molar-refractivity contribution in [1.29, 1.82) is 0 Å². The van der Waals surface area contributed by atoms with Gasteiger partial charge in [0.1, 0.15) is 6.04 Å². The minimum Gasteiger partial charge on any atom is -0.548 e. The van der Waals surface area contributed by atoms with E-state index < -0.39 is 30.4 Å². The smallest absolute Gasteiger partial charge is 0.278 e. The van der Waals surface area contributed by atoms with Crippen molar-refractivity contribution < 1.29 is 30.0 Å². The van der Waals surface area contributed by atoms with Crippen LogP contribution in [0.2, 0.25) is 0 Å². The molecule has 1 atom stereocenters. The molecule has 0 radical (unpaired) electrons. The van der Waals surface area contributed by atoms with Gasteiger partial charge in [0.25, 0.3) is 5.91 Å². The summed E-state index contributed by atoms with van der Waals surface area (Å²) < 4.78 is 0. The number of nitrogens with zero attached hydrogens (tertiary/aromatic N) is 1. The van der Waals surface area contributed by atoms with Crippen LogP contribution in [-0.4, -0.2) is 60.8 Å². The molecular formula is C11H18N4O5. The second kappa shape index (κ2) is 7.43. The summed E-state index contributed by atoms with van der Waals surface area (Å²) in [5, 5.41) is 14.6. The van der Waals surface area contributed by atoms with Crippen LogP contribution in [0, 0.1) is 0 Å². The SMILES string of the molecule is [NH3+]CC(=O)N1CCC[C@@H]1C(=O)NCC(=O)NCC(=O)[O-]. The Morgan fingerprint density at radius 2 is 1.90 bits per heavy atom. The third-order valence-electron chi connectivity index (χ3n) is 2.94. The first kappa shape index (κ1) is 15.9. The van der Waals surface area contributed by atoms with Gasteiger partial charge in [-0.3, -0.25) is 14.4 Å². The molecule has 1 fully saturated rings. The minimum atomic E-state index is -1.41. The second-order valence-corrected chi connectivity index (χ2v) is 4.36. The van der Waals surface area contributed by atoms with Crippen LogP contribution < -0.4 is 21.5 Å². The molecule has 1 saturated heterocycles. The Bertz CT molecular complexity index is 412. The highest BCUT2D eigenvalue weighted by atomic mass is 16.4. The molecule has 9 heteroatoms. The van der Waals surface area contributed by atoms with Crippen molar-refractivity contribution in [2.75, 3.05) is 26.2 Å². The standard InChI is InChI=1S/C11H18N4O5/c12-4-9(17)15-3-1-2-7(15)11(20)14-5-8(16)13-6-10(18)19/h7H,1-6,12H2,(H,13,16)(H,14,20)(H,18,19)/t7-/m1/s1. The summed E-state index contributed by atoms with van der Waals surface area (Å²) in [6.45, 7) is -0.363. The maximum absolute atomic E-state index is 11.9. The lowest BCUT2D eigenvalue weighted by Crippen LogP contribution is -2.60. The number of hydrogen-bond donors (Lipinski definition) is 3. The molecule has 1 heterocycles. The molecule has 0 unspecified atom stereocenters. The molecular weight excluding hydrogens is 268 g/mol. The van der Waals surface area contributed by atoms with E-state index in [0.29, 0.717) is 13.0 Å².